The fourth-order valence-electron chi connectivity index (χ4n) is 4.73. The van der Waals surface area contributed by atoms with Crippen molar-refractivity contribution in [1.29, 1.82) is 5.26 Å². The second-order valence-corrected chi connectivity index (χ2v) is 12.2. The minimum Gasteiger partial charge on any atom is -0.480 e. The summed E-state index contributed by atoms with van der Waals surface area (Å²) in [6.07, 6.45) is 1.16. The van der Waals surface area contributed by atoms with Gasteiger partial charge in [-0.1, -0.05) is 85.4 Å². The number of carbonyl (C=O) groups is 2. The Bertz CT molecular complexity index is 1780. The van der Waals surface area contributed by atoms with Gasteiger partial charge < -0.3 is 10.4 Å². The molecule has 216 valence electrons. The molecule has 8 nitrogen and oxygen atoms in total. The number of aliphatic carboxylic acids is 1. The van der Waals surface area contributed by atoms with Crippen LogP contribution in [0.15, 0.2) is 83.8 Å². The summed E-state index contributed by atoms with van der Waals surface area (Å²) in [5.41, 5.74) is 1.43. The van der Waals surface area contributed by atoms with Gasteiger partial charge in [0.1, 0.15) is 6.04 Å². The molecule has 0 bridgehead atoms. The van der Waals surface area contributed by atoms with Crippen molar-refractivity contribution < 1.29 is 23.1 Å². The van der Waals surface area contributed by atoms with Gasteiger partial charge in [-0.3, -0.25) is 9.10 Å². The lowest BCUT2D eigenvalue weighted by Gasteiger charge is -2.31. The first-order chi connectivity index (χ1) is 20.1. The fourth-order valence-corrected chi connectivity index (χ4v) is 7.12. The van der Waals surface area contributed by atoms with Crippen LogP contribution in [0.5, 0.6) is 0 Å². The summed E-state index contributed by atoms with van der Waals surface area (Å²) in [5, 5.41) is 23.4. The van der Waals surface area contributed by atoms with Gasteiger partial charge in [0.15, 0.2) is 0 Å². The monoisotopic (exact) mass is 623 g/mol. The molecule has 1 amide bonds. The zero-order chi connectivity index (χ0) is 30.4. The van der Waals surface area contributed by atoms with E-state index in [4.69, 9.17) is 23.2 Å². The zero-order valence-corrected chi connectivity index (χ0v) is 24.9. The molecule has 0 aromatic heterocycles. The highest BCUT2D eigenvalue weighted by molar-refractivity contribution is 7.93. The second kappa shape index (κ2) is 13.3. The molecule has 4 aromatic rings. The Labute approximate surface area is 254 Å². The quantitative estimate of drug-likeness (QED) is 0.189. The third-order valence-corrected chi connectivity index (χ3v) is 8.99. The first-order valence-corrected chi connectivity index (χ1v) is 15.3. The van der Waals surface area contributed by atoms with E-state index in [1.807, 2.05) is 6.92 Å². The summed E-state index contributed by atoms with van der Waals surface area (Å²) in [4.78, 5) is 25.7. The van der Waals surface area contributed by atoms with Gasteiger partial charge >= 0.3 is 5.97 Å². The maximum atomic E-state index is 14.2. The number of rotatable bonds is 11. The van der Waals surface area contributed by atoms with E-state index in [2.05, 4.69) is 11.4 Å². The van der Waals surface area contributed by atoms with Gasteiger partial charge in [-0.2, -0.15) is 5.26 Å². The maximum Gasteiger partial charge on any atom is 0.327 e. The van der Waals surface area contributed by atoms with Gasteiger partial charge in [0.05, 0.1) is 22.2 Å². The number of benzene rings is 4. The number of hydrogen-bond donors (Lipinski definition) is 2. The van der Waals surface area contributed by atoms with Gasteiger partial charge in [-0.05, 0) is 53.8 Å². The molecule has 11 heteroatoms. The molecular formula is C31H27Cl2N3O5S. The van der Waals surface area contributed by atoms with Crippen molar-refractivity contribution in [3.8, 4) is 6.07 Å². The minimum atomic E-state index is -4.50. The molecule has 4 aromatic carbocycles. The zero-order valence-electron chi connectivity index (χ0n) is 22.6. The maximum absolute atomic E-state index is 14.2. The van der Waals surface area contributed by atoms with Crippen LogP contribution in [0, 0.1) is 11.3 Å². The SMILES string of the molecule is CCCCC(C(=O)O)N(c1cccc2c(C(=O)NCc3ccccc3C#N)cccc12)S(=O)(=O)c1cc(Cl)cc(Cl)c1. The van der Waals surface area contributed by atoms with Crippen molar-refractivity contribution in [3.05, 3.63) is 106 Å². The fraction of sp³-hybridized carbons (Fsp3) is 0.194. The Hall–Kier alpha value is -4.10. The van der Waals surface area contributed by atoms with Crippen molar-refractivity contribution in [2.45, 2.75) is 43.7 Å². The number of anilines is 1. The average molecular weight is 625 g/mol. The van der Waals surface area contributed by atoms with Crippen LogP contribution in [-0.2, 0) is 21.4 Å². The number of carboxylic acid groups (broad SMARTS) is 1. The van der Waals surface area contributed by atoms with Crippen LogP contribution in [0.25, 0.3) is 10.8 Å². The molecule has 1 atom stereocenters. The number of unbranched alkanes of at least 4 members (excludes halogenated alkanes) is 1. The molecule has 0 aliphatic carbocycles. The van der Waals surface area contributed by atoms with Crippen LogP contribution in [0.1, 0.15) is 47.7 Å². The smallest absolute Gasteiger partial charge is 0.327 e. The number of sulfonamides is 1. The molecule has 0 saturated carbocycles. The van der Waals surface area contributed by atoms with Crippen molar-refractivity contribution in [1.82, 2.24) is 5.32 Å². The first kappa shape index (κ1) is 30.8. The van der Waals surface area contributed by atoms with Crippen LogP contribution in [-0.4, -0.2) is 31.4 Å². The lowest BCUT2D eigenvalue weighted by Crippen LogP contribution is -2.45. The number of hydrogen-bond acceptors (Lipinski definition) is 5. The van der Waals surface area contributed by atoms with E-state index >= 15 is 0 Å². The summed E-state index contributed by atoms with van der Waals surface area (Å²) in [6, 6.07) is 21.0. The number of nitrogens with zero attached hydrogens (tertiary/aromatic N) is 2. The van der Waals surface area contributed by atoms with Crippen LogP contribution >= 0.6 is 23.2 Å². The van der Waals surface area contributed by atoms with Crippen molar-refractivity contribution in [2.24, 2.45) is 0 Å². The van der Waals surface area contributed by atoms with Gasteiger partial charge in [0, 0.05) is 27.5 Å². The van der Waals surface area contributed by atoms with Crippen LogP contribution in [0.4, 0.5) is 5.69 Å². The van der Waals surface area contributed by atoms with E-state index in [-0.39, 0.29) is 39.2 Å². The number of fused-ring (bicyclic) bond motifs is 1. The lowest BCUT2D eigenvalue weighted by atomic mass is 10.0. The Morgan fingerprint density at radius 3 is 2.31 bits per heavy atom. The highest BCUT2D eigenvalue weighted by atomic mass is 35.5. The molecule has 2 N–H and O–H groups in total. The Balaban J connectivity index is 1.85. The van der Waals surface area contributed by atoms with Crippen molar-refractivity contribution in [3.63, 3.8) is 0 Å². The Morgan fingerprint density at radius 1 is 0.976 bits per heavy atom. The highest BCUT2D eigenvalue weighted by Gasteiger charge is 2.37. The van der Waals surface area contributed by atoms with E-state index in [0.717, 1.165) is 4.31 Å². The lowest BCUT2D eigenvalue weighted by molar-refractivity contribution is -0.138. The number of nitrogens with one attached hydrogen (secondary N) is 1. The van der Waals surface area contributed by atoms with Gasteiger partial charge in [-0.15, -0.1) is 0 Å². The predicted octanol–water partition coefficient (Wildman–Crippen LogP) is 6.79. The average Bonchev–Trinajstić information content (AvgIpc) is 2.97. The van der Waals surface area contributed by atoms with E-state index in [0.29, 0.717) is 34.7 Å². The van der Waals surface area contributed by atoms with Gasteiger partial charge in [0.25, 0.3) is 15.9 Å². The first-order valence-electron chi connectivity index (χ1n) is 13.1. The predicted molar refractivity (Wildman–Crippen MR) is 163 cm³/mol. The summed E-state index contributed by atoms with van der Waals surface area (Å²) in [6.45, 7) is 1.99. The summed E-state index contributed by atoms with van der Waals surface area (Å²) < 4.78 is 29.2. The van der Waals surface area contributed by atoms with Crippen molar-refractivity contribution >= 4 is 61.6 Å². The topological polar surface area (TPSA) is 128 Å². The molecule has 0 fully saturated rings. The van der Waals surface area contributed by atoms with Gasteiger partial charge in [-0.25, -0.2) is 13.2 Å². The second-order valence-electron chi connectivity index (χ2n) is 9.53. The number of nitriles is 1. The molecule has 42 heavy (non-hydrogen) atoms. The third-order valence-electron chi connectivity index (χ3n) is 6.75. The number of amides is 1. The molecule has 1 unspecified atom stereocenters. The summed E-state index contributed by atoms with van der Waals surface area (Å²) >= 11 is 12.3. The molecule has 0 radical (unpaired) electrons. The standard InChI is InChI=1S/C31H27Cl2N3O5S/c1-2-3-13-29(31(38)39)36(42(40,41)24-16-22(32)15-23(33)17-24)28-14-7-10-25-26(28)11-6-12-27(25)30(37)35-19-21-9-5-4-8-20(21)18-34/h4-12,14-17,29H,2-3,13,19H2,1H3,(H,35,37)(H,38,39). The third kappa shape index (κ3) is 6.52. The highest BCUT2D eigenvalue weighted by Crippen LogP contribution is 2.36. The number of carboxylic acids is 1. The Kier molecular flexibility index (Phi) is 9.74. The van der Waals surface area contributed by atoms with E-state index < -0.39 is 27.9 Å². The van der Waals surface area contributed by atoms with Crippen LogP contribution in [0.3, 0.4) is 0 Å². The van der Waals surface area contributed by atoms with E-state index in [1.54, 1.807) is 54.6 Å². The number of halogens is 2. The molecule has 0 aliphatic rings. The van der Waals surface area contributed by atoms with Gasteiger partial charge in [0.2, 0.25) is 0 Å². The minimum absolute atomic E-state index is 0.0498. The van der Waals surface area contributed by atoms with Crippen LogP contribution in [0.2, 0.25) is 10.0 Å². The largest absolute Gasteiger partial charge is 0.480 e. The summed E-state index contributed by atoms with van der Waals surface area (Å²) in [5.74, 6) is -1.76. The number of carbonyl (C=O) groups excluding carboxylic acids is 1. The van der Waals surface area contributed by atoms with E-state index in [9.17, 15) is 28.4 Å². The molecule has 0 heterocycles. The molecule has 0 saturated heterocycles. The normalized spacial score (nSPS) is 12.0. The summed E-state index contributed by atoms with van der Waals surface area (Å²) in [7, 11) is -4.50. The van der Waals surface area contributed by atoms with Crippen molar-refractivity contribution in [2.75, 3.05) is 4.31 Å². The van der Waals surface area contributed by atoms with Crippen LogP contribution < -0.4 is 9.62 Å². The molecule has 0 aliphatic heterocycles. The molecular weight excluding hydrogens is 597 g/mol. The van der Waals surface area contributed by atoms with E-state index in [1.165, 1.54) is 24.3 Å². The Morgan fingerprint density at radius 2 is 1.64 bits per heavy atom. The molecule has 0 spiro atoms. The molecule has 4 rings (SSSR count).